The lowest BCUT2D eigenvalue weighted by Crippen LogP contribution is -2.35. The third kappa shape index (κ3) is 2.63. The Morgan fingerprint density at radius 1 is 1.27 bits per heavy atom. The molecule has 15 heavy (non-hydrogen) atoms. The summed E-state index contributed by atoms with van der Waals surface area (Å²) in [5.41, 5.74) is 0.909. The van der Waals surface area contributed by atoms with E-state index in [1.165, 1.54) is 25.3 Å². The number of phenols is 2. The van der Waals surface area contributed by atoms with Gasteiger partial charge in [0, 0.05) is 12.1 Å². The first-order chi connectivity index (χ1) is 7.25. The molecule has 0 bridgehead atoms. The number of piperidine rings is 1. The van der Waals surface area contributed by atoms with Gasteiger partial charge < -0.3 is 15.5 Å². The van der Waals surface area contributed by atoms with E-state index in [2.05, 4.69) is 5.32 Å². The van der Waals surface area contributed by atoms with Crippen LogP contribution < -0.4 is 5.32 Å². The Morgan fingerprint density at radius 3 is 2.80 bits per heavy atom. The summed E-state index contributed by atoms with van der Waals surface area (Å²) in [6.07, 6.45) is 4.51. The van der Waals surface area contributed by atoms with Gasteiger partial charge in [-0.1, -0.05) is 12.5 Å². The van der Waals surface area contributed by atoms with Gasteiger partial charge in [0.25, 0.3) is 0 Å². The zero-order valence-corrected chi connectivity index (χ0v) is 8.74. The molecule has 0 aromatic heterocycles. The molecule has 3 nitrogen and oxygen atoms in total. The Hall–Kier alpha value is -1.22. The molecule has 1 saturated heterocycles. The molecule has 2 rings (SSSR count). The second-order valence-corrected chi connectivity index (χ2v) is 4.16. The second-order valence-electron chi connectivity index (χ2n) is 4.16. The maximum absolute atomic E-state index is 9.63. The Balaban J connectivity index is 2.03. The van der Waals surface area contributed by atoms with Gasteiger partial charge in [-0.2, -0.15) is 0 Å². The maximum atomic E-state index is 9.63. The first-order valence-electron chi connectivity index (χ1n) is 5.50. The number of hydrogen-bond donors (Lipinski definition) is 3. The van der Waals surface area contributed by atoms with Crippen LogP contribution in [0.25, 0.3) is 0 Å². The molecular formula is C12H17NO2. The van der Waals surface area contributed by atoms with Crippen LogP contribution in [0.2, 0.25) is 0 Å². The molecule has 1 fully saturated rings. The number of aromatic hydroxyl groups is 2. The van der Waals surface area contributed by atoms with Crippen LogP contribution >= 0.6 is 0 Å². The van der Waals surface area contributed by atoms with Crippen molar-refractivity contribution in [1.29, 1.82) is 0 Å². The van der Waals surface area contributed by atoms with E-state index >= 15 is 0 Å². The molecule has 0 saturated carbocycles. The largest absolute Gasteiger partial charge is 0.508 e. The van der Waals surface area contributed by atoms with Crippen LogP contribution in [0.3, 0.4) is 0 Å². The molecule has 0 amide bonds. The van der Waals surface area contributed by atoms with Gasteiger partial charge in [-0.05, 0) is 37.4 Å². The summed E-state index contributed by atoms with van der Waals surface area (Å²) in [7, 11) is 0. The van der Waals surface area contributed by atoms with Crippen molar-refractivity contribution in [3.05, 3.63) is 23.8 Å². The lowest BCUT2D eigenvalue weighted by Gasteiger charge is -2.23. The van der Waals surface area contributed by atoms with Crippen molar-refractivity contribution in [3.8, 4) is 11.5 Å². The highest BCUT2D eigenvalue weighted by atomic mass is 16.3. The molecule has 1 atom stereocenters. The van der Waals surface area contributed by atoms with Gasteiger partial charge in [-0.15, -0.1) is 0 Å². The van der Waals surface area contributed by atoms with E-state index in [0.717, 1.165) is 18.5 Å². The molecule has 0 spiro atoms. The van der Waals surface area contributed by atoms with Crippen LogP contribution in [-0.4, -0.2) is 22.8 Å². The van der Waals surface area contributed by atoms with E-state index < -0.39 is 0 Å². The monoisotopic (exact) mass is 207 g/mol. The quantitative estimate of drug-likeness (QED) is 0.693. The normalized spacial score (nSPS) is 21.5. The van der Waals surface area contributed by atoms with Crippen molar-refractivity contribution >= 4 is 0 Å². The highest BCUT2D eigenvalue weighted by Gasteiger charge is 2.14. The smallest absolute Gasteiger partial charge is 0.122 e. The minimum Gasteiger partial charge on any atom is -0.508 e. The molecule has 3 heteroatoms. The SMILES string of the molecule is Oc1ccc(CC2CCCCN2)c(O)c1. The summed E-state index contributed by atoms with van der Waals surface area (Å²) in [5.74, 6) is 0.315. The van der Waals surface area contributed by atoms with E-state index in [9.17, 15) is 5.11 Å². The van der Waals surface area contributed by atoms with Crippen LogP contribution in [0.5, 0.6) is 11.5 Å². The van der Waals surface area contributed by atoms with Gasteiger partial charge in [-0.25, -0.2) is 0 Å². The molecule has 1 heterocycles. The Kier molecular flexibility index (Phi) is 3.11. The maximum Gasteiger partial charge on any atom is 0.122 e. The van der Waals surface area contributed by atoms with Crippen LogP contribution in [0.15, 0.2) is 18.2 Å². The fraction of sp³-hybridized carbons (Fsp3) is 0.500. The highest BCUT2D eigenvalue weighted by Crippen LogP contribution is 2.25. The summed E-state index contributed by atoms with van der Waals surface area (Å²) < 4.78 is 0. The Morgan fingerprint density at radius 2 is 2.13 bits per heavy atom. The molecule has 1 aromatic carbocycles. The van der Waals surface area contributed by atoms with Crippen LogP contribution in [0.1, 0.15) is 24.8 Å². The summed E-state index contributed by atoms with van der Waals surface area (Å²) in [6, 6.07) is 5.28. The van der Waals surface area contributed by atoms with Gasteiger partial charge in [0.1, 0.15) is 11.5 Å². The predicted molar refractivity (Wildman–Crippen MR) is 59.1 cm³/mol. The van der Waals surface area contributed by atoms with Crippen molar-refractivity contribution in [2.45, 2.75) is 31.7 Å². The summed E-state index contributed by atoms with van der Waals surface area (Å²) >= 11 is 0. The summed E-state index contributed by atoms with van der Waals surface area (Å²) in [4.78, 5) is 0. The van der Waals surface area contributed by atoms with Gasteiger partial charge in [-0.3, -0.25) is 0 Å². The Bertz CT molecular complexity index is 332. The van der Waals surface area contributed by atoms with Gasteiger partial charge >= 0.3 is 0 Å². The molecular weight excluding hydrogens is 190 g/mol. The number of phenolic OH excluding ortho intramolecular Hbond substituents is 2. The van der Waals surface area contributed by atoms with Crippen molar-refractivity contribution in [2.24, 2.45) is 0 Å². The first-order valence-corrected chi connectivity index (χ1v) is 5.50. The topological polar surface area (TPSA) is 52.5 Å². The van der Waals surface area contributed by atoms with Crippen LogP contribution in [0, 0.1) is 0 Å². The highest BCUT2D eigenvalue weighted by molar-refractivity contribution is 5.39. The van der Waals surface area contributed by atoms with E-state index in [1.54, 1.807) is 12.1 Å². The van der Waals surface area contributed by atoms with Crippen molar-refractivity contribution in [3.63, 3.8) is 0 Å². The predicted octanol–water partition coefficient (Wildman–Crippen LogP) is 1.78. The molecule has 1 aliphatic rings. The minimum atomic E-state index is 0.118. The fourth-order valence-corrected chi connectivity index (χ4v) is 2.09. The van der Waals surface area contributed by atoms with Crippen molar-refractivity contribution < 1.29 is 10.2 Å². The minimum absolute atomic E-state index is 0.118. The van der Waals surface area contributed by atoms with E-state index in [1.807, 2.05) is 0 Å². The molecule has 3 N–H and O–H groups in total. The van der Waals surface area contributed by atoms with E-state index in [0.29, 0.717) is 6.04 Å². The summed E-state index contributed by atoms with van der Waals surface area (Å²) in [5, 5.41) is 22.2. The third-order valence-corrected chi connectivity index (χ3v) is 2.95. The molecule has 0 radical (unpaired) electrons. The first kappa shape index (κ1) is 10.3. The van der Waals surface area contributed by atoms with E-state index in [-0.39, 0.29) is 11.5 Å². The number of rotatable bonds is 2. The average Bonchev–Trinajstić information content (AvgIpc) is 2.24. The molecule has 0 aliphatic carbocycles. The van der Waals surface area contributed by atoms with E-state index in [4.69, 9.17) is 5.11 Å². The van der Waals surface area contributed by atoms with Crippen molar-refractivity contribution in [2.75, 3.05) is 6.54 Å². The molecule has 82 valence electrons. The van der Waals surface area contributed by atoms with Gasteiger partial charge in [0.15, 0.2) is 0 Å². The lowest BCUT2D eigenvalue weighted by atomic mass is 9.97. The van der Waals surface area contributed by atoms with Gasteiger partial charge in [0.2, 0.25) is 0 Å². The zero-order valence-electron chi connectivity index (χ0n) is 8.74. The second kappa shape index (κ2) is 4.53. The molecule has 1 aromatic rings. The fourth-order valence-electron chi connectivity index (χ4n) is 2.09. The zero-order chi connectivity index (χ0) is 10.7. The number of benzene rings is 1. The molecule has 1 unspecified atom stereocenters. The third-order valence-electron chi connectivity index (χ3n) is 2.95. The average molecular weight is 207 g/mol. The van der Waals surface area contributed by atoms with Crippen LogP contribution in [-0.2, 0) is 6.42 Å². The number of hydrogen-bond acceptors (Lipinski definition) is 3. The van der Waals surface area contributed by atoms with Crippen LogP contribution in [0.4, 0.5) is 0 Å². The summed E-state index contributed by atoms with van der Waals surface area (Å²) in [6.45, 7) is 1.07. The van der Waals surface area contributed by atoms with Crippen molar-refractivity contribution in [1.82, 2.24) is 5.32 Å². The lowest BCUT2D eigenvalue weighted by molar-refractivity contribution is 0.390. The standard InChI is InChI=1S/C12H17NO2/c14-11-5-4-9(12(15)8-11)7-10-3-1-2-6-13-10/h4-5,8,10,13-15H,1-3,6-7H2. The molecule has 1 aliphatic heterocycles. The van der Waals surface area contributed by atoms with Gasteiger partial charge in [0.05, 0.1) is 0 Å². The number of nitrogens with one attached hydrogen (secondary N) is 1. The Labute approximate surface area is 89.8 Å².